The Bertz CT molecular complexity index is 332. The van der Waals surface area contributed by atoms with E-state index >= 15 is 0 Å². The predicted octanol–water partition coefficient (Wildman–Crippen LogP) is 4.66. The van der Waals surface area contributed by atoms with Crippen LogP contribution in [0.5, 0.6) is 0 Å². The zero-order chi connectivity index (χ0) is 14.6. The van der Waals surface area contributed by atoms with E-state index in [1.165, 1.54) is 37.7 Å². The molecule has 0 aliphatic rings. The molecule has 2 nitrogen and oxygen atoms in total. The Morgan fingerprint density at radius 1 is 1.00 bits per heavy atom. The summed E-state index contributed by atoms with van der Waals surface area (Å²) in [5, 5.41) is 10.2. The molecule has 1 aromatic carbocycles. The molecule has 114 valence electrons. The summed E-state index contributed by atoms with van der Waals surface area (Å²) in [5.74, 6) is 0. The van der Waals surface area contributed by atoms with Crippen molar-refractivity contribution < 1.29 is 9.84 Å². The average Bonchev–Trinajstić information content (AvgIpc) is 2.49. The standard InChI is InChI=1S/C18H30O2/c1-3-4-5-6-7-8-9-18(19)17-12-10-16(11-13-17)14-15-20-2/h10-13,18-19H,3-9,14-15H2,1-2H3. The van der Waals surface area contributed by atoms with Gasteiger partial charge >= 0.3 is 0 Å². The average molecular weight is 278 g/mol. The fraction of sp³-hybridized carbons (Fsp3) is 0.667. The Morgan fingerprint density at radius 2 is 1.65 bits per heavy atom. The summed E-state index contributed by atoms with van der Waals surface area (Å²) in [5.41, 5.74) is 2.31. The van der Waals surface area contributed by atoms with E-state index in [0.717, 1.165) is 31.4 Å². The van der Waals surface area contributed by atoms with Gasteiger partial charge in [-0.2, -0.15) is 0 Å². The summed E-state index contributed by atoms with van der Waals surface area (Å²) >= 11 is 0. The SMILES string of the molecule is CCCCCCCCC(O)c1ccc(CCOC)cc1. The summed E-state index contributed by atoms with van der Waals surface area (Å²) in [6.45, 7) is 2.99. The molecule has 2 heteroatoms. The molecular formula is C18H30O2. The number of aliphatic hydroxyl groups excluding tert-OH is 1. The molecule has 1 rings (SSSR count). The fourth-order valence-corrected chi connectivity index (χ4v) is 2.41. The highest BCUT2D eigenvalue weighted by Gasteiger charge is 2.07. The van der Waals surface area contributed by atoms with Gasteiger partial charge < -0.3 is 9.84 Å². The number of hydrogen-bond acceptors (Lipinski definition) is 2. The van der Waals surface area contributed by atoms with E-state index in [1.54, 1.807) is 7.11 Å². The van der Waals surface area contributed by atoms with Crippen LogP contribution in [0.4, 0.5) is 0 Å². The van der Waals surface area contributed by atoms with Crippen molar-refractivity contribution in [2.45, 2.75) is 64.4 Å². The van der Waals surface area contributed by atoms with E-state index < -0.39 is 0 Å². The van der Waals surface area contributed by atoms with E-state index in [-0.39, 0.29) is 6.10 Å². The lowest BCUT2D eigenvalue weighted by atomic mass is 10.0. The van der Waals surface area contributed by atoms with Crippen LogP contribution in [0, 0.1) is 0 Å². The maximum atomic E-state index is 10.2. The van der Waals surface area contributed by atoms with Gasteiger partial charge in [0, 0.05) is 7.11 Å². The van der Waals surface area contributed by atoms with Crippen molar-refractivity contribution in [1.82, 2.24) is 0 Å². The zero-order valence-electron chi connectivity index (χ0n) is 13.1. The number of ether oxygens (including phenoxy) is 1. The van der Waals surface area contributed by atoms with E-state index in [9.17, 15) is 5.11 Å². The summed E-state index contributed by atoms with van der Waals surface area (Å²) in [4.78, 5) is 0. The molecule has 0 spiro atoms. The first kappa shape index (κ1) is 17.2. The van der Waals surface area contributed by atoms with Crippen molar-refractivity contribution >= 4 is 0 Å². The molecule has 0 aromatic heterocycles. The monoisotopic (exact) mass is 278 g/mol. The largest absolute Gasteiger partial charge is 0.388 e. The van der Waals surface area contributed by atoms with Gasteiger partial charge in [0.15, 0.2) is 0 Å². The van der Waals surface area contributed by atoms with Crippen molar-refractivity contribution in [2.75, 3.05) is 13.7 Å². The van der Waals surface area contributed by atoms with Gasteiger partial charge in [-0.25, -0.2) is 0 Å². The minimum Gasteiger partial charge on any atom is -0.388 e. The molecule has 0 radical (unpaired) electrons. The molecule has 0 bridgehead atoms. The topological polar surface area (TPSA) is 29.5 Å². The molecule has 0 saturated carbocycles. The van der Waals surface area contributed by atoms with Gasteiger partial charge in [-0.15, -0.1) is 0 Å². The molecule has 0 aliphatic carbocycles. The molecule has 0 aliphatic heterocycles. The fourth-order valence-electron chi connectivity index (χ4n) is 2.41. The highest BCUT2D eigenvalue weighted by Crippen LogP contribution is 2.20. The second-order valence-corrected chi connectivity index (χ2v) is 5.56. The third kappa shape index (κ3) is 7.06. The van der Waals surface area contributed by atoms with Crippen LogP contribution < -0.4 is 0 Å². The Balaban J connectivity index is 2.23. The van der Waals surface area contributed by atoms with Crippen LogP contribution in [0.15, 0.2) is 24.3 Å². The molecular weight excluding hydrogens is 248 g/mol. The van der Waals surface area contributed by atoms with E-state index in [2.05, 4.69) is 19.1 Å². The van der Waals surface area contributed by atoms with Crippen LogP contribution >= 0.6 is 0 Å². The summed E-state index contributed by atoms with van der Waals surface area (Å²) in [7, 11) is 1.72. The lowest BCUT2D eigenvalue weighted by Gasteiger charge is -2.11. The van der Waals surface area contributed by atoms with Gasteiger partial charge in [0.05, 0.1) is 12.7 Å². The van der Waals surface area contributed by atoms with E-state index in [4.69, 9.17) is 4.74 Å². The molecule has 20 heavy (non-hydrogen) atoms. The maximum absolute atomic E-state index is 10.2. The van der Waals surface area contributed by atoms with Crippen LogP contribution in [-0.2, 0) is 11.2 Å². The van der Waals surface area contributed by atoms with E-state index in [1.807, 2.05) is 12.1 Å². The summed E-state index contributed by atoms with van der Waals surface area (Å²) in [6, 6.07) is 8.29. The Kier molecular flexibility index (Phi) is 9.35. The molecule has 0 heterocycles. The molecule has 0 saturated heterocycles. The first-order valence-corrected chi connectivity index (χ1v) is 8.03. The van der Waals surface area contributed by atoms with Gasteiger partial charge in [-0.05, 0) is 24.0 Å². The second kappa shape index (κ2) is 10.9. The minimum absolute atomic E-state index is 0.308. The third-order valence-corrected chi connectivity index (χ3v) is 3.79. The first-order valence-electron chi connectivity index (χ1n) is 8.03. The van der Waals surface area contributed by atoms with E-state index in [0.29, 0.717) is 0 Å². The quantitative estimate of drug-likeness (QED) is 0.597. The predicted molar refractivity (Wildman–Crippen MR) is 85.0 cm³/mol. The van der Waals surface area contributed by atoms with Crippen LogP contribution in [0.3, 0.4) is 0 Å². The summed E-state index contributed by atoms with van der Waals surface area (Å²) < 4.78 is 5.07. The second-order valence-electron chi connectivity index (χ2n) is 5.56. The van der Waals surface area contributed by atoms with Crippen molar-refractivity contribution in [1.29, 1.82) is 0 Å². The number of hydrogen-bond donors (Lipinski definition) is 1. The third-order valence-electron chi connectivity index (χ3n) is 3.79. The Hall–Kier alpha value is -0.860. The normalized spacial score (nSPS) is 12.6. The molecule has 1 aromatic rings. The number of methoxy groups -OCH3 is 1. The first-order chi connectivity index (χ1) is 9.77. The van der Waals surface area contributed by atoms with Gasteiger partial charge in [0.2, 0.25) is 0 Å². The van der Waals surface area contributed by atoms with Gasteiger partial charge in [-0.1, -0.05) is 69.7 Å². The van der Waals surface area contributed by atoms with Crippen molar-refractivity contribution in [3.8, 4) is 0 Å². The highest BCUT2D eigenvalue weighted by atomic mass is 16.5. The zero-order valence-corrected chi connectivity index (χ0v) is 13.1. The minimum atomic E-state index is -0.308. The van der Waals surface area contributed by atoms with Crippen LogP contribution in [-0.4, -0.2) is 18.8 Å². The van der Waals surface area contributed by atoms with Crippen LogP contribution in [0.25, 0.3) is 0 Å². The number of aliphatic hydroxyl groups is 1. The Labute approximate surface area is 124 Å². The van der Waals surface area contributed by atoms with Crippen molar-refractivity contribution in [3.63, 3.8) is 0 Å². The molecule has 1 atom stereocenters. The number of benzene rings is 1. The van der Waals surface area contributed by atoms with Gasteiger partial charge in [-0.3, -0.25) is 0 Å². The molecule has 0 amide bonds. The molecule has 1 unspecified atom stereocenters. The summed E-state index contributed by atoms with van der Waals surface area (Å²) in [6.07, 6.45) is 9.13. The van der Waals surface area contributed by atoms with Crippen LogP contribution in [0.1, 0.15) is 69.1 Å². The maximum Gasteiger partial charge on any atom is 0.0790 e. The number of unbranched alkanes of at least 4 members (excludes halogenated alkanes) is 5. The van der Waals surface area contributed by atoms with Crippen molar-refractivity contribution in [3.05, 3.63) is 35.4 Å². The lowest BCUT2D eigenvalue weighted by molar-refractivity contribution is 0.163. The number of rotatable bonds is 11. The Morgan fingerprint density at radius 3 is 2.30 bits per heavy atom. The van der Waals surface area contributed by atoms with Gasteiger partial charge in [0.1, 0.15) is 0 Å². The molecule has 0 fully saturated rings. The van der Waals surface area contributed by atoms with Gasteiger partial charge in [0.25, 0.3) is 0 Å². The van der Waals surface area contributed by atoms with Crippen molar-refractivity contribution in [2.24, 2.45) is 0 Å². The lowest BCUT2D eigenvalue weighted by Crippen LogP contribution is -1.99. The molecule has 1 N–H and O–H groups in total. The highest BCUT2D eigenvalue weighted by molar-refractivity contribution is 5.24. The smallest absolute Gasteiger partial charge is 0.0790 e. The van der Waals surface area contributed by atoms with Crippen LogP contribution in [0.2, 0.25) is 0 Å².